The average Bonchev–Trinajstić information content (AvgIpc) is 2.86. The second kappa shape index (κ2) is 13.8. The van der Waals surface area contributed by atoms with Crippen molar-refractivity contribution in [3.63, 3.8) is 0 Å². The Hall–Kier alpha value is -3.62. The molecule has 7 nitrogen and oxygen atoms in total. The summed E-state index contributed by atoms with van der Waals surface area (Å²) in [6.45, 7) is 4.20. The van der Waals surface area contributed by atoms with Crippen molar-refractivity contribution in [3.05, 3.63) is 84.4 Å². The van der Waals surface area contributed by atoms with Gasteiger partial charge >= 0.3 is 0 Å². The van der Waals surface area contributed by atoms with E-state index < -0.39 is 0 Å². The summed E-state index contributed by atoms with van der Waals surface area (Å²) >= 11 is 5.32. The van der Waals surface area contributed by atoms with Crippen LogP contribution in [-0.2, 0) is 4.74 Å². The highest BCUT2D eigenvalue weighted by atomic mass is 32.1. The third-order valence-corrected chi connectivity index (χ3v) is 4.72. The first-order valence-electron chi connectivity index (χ1n) is 11.0. The molecule has 3 aromatic rings. The molecule has 0 heterocycles. The molecule has 0 aliphatic carbocycles. The molecule has 3 rings (SSSR count). The minimum absolute atomic E-state index is 0.161. The minimum atomic E-state index is -0.349. The zero-order valence-electron chi connectivity index (χ0n) is 19.0. The fraction of sp³-hybridized carbons (Fsp3) is 0.231. The van der Waals surface area contributed by atoms with Crippen molar-refractivity contribution in [3.8, 4) is 17.2 Å². The standard InChI is InChI=1S/C26H28N2O5S/c1-2-30-15-16-33-24-14-7-6-13-23(24)27-26(34)28-25(29)20-9-8-12-22(19-20)32-18-17-31-21-10-4-3-5-11-21/h3-14,19H,2,15-18H2,1H3,(H2,27,28,29,34). The number of hydrogen-bond acceptors (Lipinski definition) is 6. The van der Waals surface area contributed by atoms with E-state index in [-0.39, 0.29) is 11.0 Å². The summed E-state index contributed by atoms with van der Waals surface area (Å²) in [6.07, 6.45) is 0. The Kier molecular flexibility index (Phi) is 10.2. The molecule has 178 valence electrons. The molecule has 0 aromatic heterocycles. The highest BCUT2D eigenvalue weighted by Crippen LogP contribution is 2.23. The SMILES string of the molecule is CCOCCOc1ccccc1NC(=S)NC(=O)c1cccc(OCCOc2ccccc2)c1. The Morgan fingerprint density at radius 1 is 0.794 bits per heavy atom. The Labute approximate surface area is 205 Å². The van der Waals surface area contributed by atoms with E-state index >= 15 is 0 Å². The van der Waals surface area contributed by atoms with Gasteiger partial charge in [0.15, 0.2) is 5.11 Å². The molecule has 0 unspecified atom stereocenters. The molecule has 0 bridgehead atoms. The number of benzene rings is 3. The molecule has 0 aliphatic heterocycles. The van der Waals surface area contributed by atoms with Crippen LogP contribution >= 0.6 is 12.2 Å². The third-order valence-electron chi connectivity index (χ3n) is 4.51. The number of amides is 1. The van der Waals surface area contributed by atoms with E-state index in [1.807, 2.05) is 61.5 Å². The summed E-state index contributed by atoms with van der Waals surface area (Å²) in [5.74, 6) is 1.61. The molecule has 0 fully saturated rings. The van der Waals surface area contributed by atoms with Crippen LogP contribution in [0.25, 0.3) is 0 Å². The van der Waals surface area contributed by atoms with Gasteiger partial charge in [-0.25, -0.2) is 0 Å². The first-order chi connectivity index (χ1) is 16.7. The quantitative estimate of drug-likeness (QED) is 0.288. The number of carbonyl (C=O) groups excluding carboxylic acids is 1. The van der Waals surface area contributed by atoms with Crippen LogP contribution in [0.15, 0.2) is 78.9 Å². The maximum Gasteiger partial charge on any atom is 0.257 e. The first kappa shape index (κ1) is 25.0. The molecule has 0 aliphatic rings. The van der Waals surface area contributed by atoms with Crippen LogP contribution in [-0.4, -0.2) is 44.1 Å². The fourth-order valence-electron chi connectivity index (χ4n) is 2.94. The lowest BCUT2D eigenvalue weighted by atomic mass is 10.2. The molecule has 8 heteroatoms. The van der Waals surface area contributed by atoms with Gasteiger partial charge in [-0.15, -0.1) is 0 Å². The van der Waals surface area contributed by atoms with E-state index in [4.69, 9.17) is 31.2 Å². The van der Waals surface area contributed by atoms with Gasteiger partial charge in [-0.1, -0.05) is 36.4 Å². The van der Waals surface area contributed by atoms with Gasteiger partial charge in [0.1, 0.15) is 37.1 Å². The van der Waals surface area contributed by atoms with E-state index in [1.54, 1.807) is 24.3 Å². The molecule has 3 aromatic carbocycles. The highest BCUT2D eigenvalue weighted by molar-refractivity contribution is 7.80. The third kappa shape index (κ3) is 8.38. The Morgan fingerprint density at radius 2 is 1.47 bits per heavy atom. The predicted octanol–water partition coefficient (Wildman–Crippen LogP) is 4.69. The Morgan fingerprint density at radius 3 is 2.26 bits per heavy atom. The lowest BCUT2D eigenvalue weighted by Gasteiger charge is -2.14. The van der Waals surface area contributed by atoms with Crippen LogP contribution in [0.5, 0.6) is 17.2 Å². The topological polar surface area (TPSA) is 78.1 Å². The second-order valence-corrected chi connectivity index (χ2v) is 7.40. The summed E-state index contributed by atoms with van der Waals surface area (Å²) in [6, 6.07) is 23.7. The number of hydrogen-bond donors (Lipinski definition) is 2. The summed E-state index contributed by atoms with van der Waals surface area (Å²) < 4.78 is 22.4. The predicted molar refractivity (Wildman–Crippen MR) is 136 cm³/mol. The highest BCUT2D eigenvalue weighted by Gasteiger charge is 2.11. The van der Waals surface area contributed by atoms with Crippen LogP contribution in [0.2, 0.25) is 0 Å². The molecular formula is C26H28N2O5S. The maximum absolute atomic E-state index is 12.7. The molecule has 1 amide bonds. The number of para-hydroxylation sites is 3. The molecule has 0 spiro atoms. The summed E-state index contributed by atoms with van der Waals surface area (Å²) in [5.41, 5.74) is 1.08. The molecular weight excluding hydrogens is 452 g/mol. The normalized spacial score (nSPS) is 10.3. The van der Waals surface area contributed by atoms with Crippen LogP contribution < -0.4 is 24.8 Å². The maximum atomic E-state index is 12.7. The van der Waals surface area contributed by atoms with Gasteiger partial charge in [-0.3, -0.25) is 10.1 Å². The molecule has 0 radical (unpaired) electrons. The summed E-state index contributed by atoms with van der Waals surface area (Å²) in [5, 5.41) is 5.86. The lowest BCUT2D eigenvalue weighted by Crippen LogP contribution is -2.34. The van der Waals surface area contributed by atoms with Crippen LogP contribution in [0.3, 0.4) is 0 Å². The van der Waals surface area contributed by atoms with Crippen LogP contribution in [0, 0.1) is 0 Å². The number of carbonyl (C=O) groups is 1. The van der Waals surface area contributed by atoms with Gasteiger partial charge in [0, 0.05) is 12.2 Å². The largest absolute Gasteiger partial charge is 0.490 e. The summed E-state index contributed by atoms with van der Waals surface area (Å²) in [7, 11) is 0. The van der Waals surface area contributed by atoms with E-state index in [1.165, 1.54) is 0 Å². The van der Waals surface area contributed by atoms with E-state index in [2.05, 4.69) is 10.6 Å². The van der Waals surface area contributed by atoms with E-state index in [9.17, 15) is 4.79 Å². The number of nitrogens with one attached hydrogen (secondary N) is 2. The minimum Gasteiger partial charge on any atom is -0.490 e. The van der Waals surface area contributed by atoms with Crippen molar-refractivity contribution in [2.24, 2.45) is 0 Å². The van der Waals surface area contributed by atoms with Crippen molar-refractivity contribution in [1.82, 2.24) is 5.32 Å². The first-order valence-corrected chi connectivity index (χ1v) is 11.4. The van der Waals surface area contributed by atoms with Gasteiger partial charge in [-0.2, -0.15) is 0 Å². The smallest absolute Gasteiger partial charge is 0.257 e. The van der Waals surface area contributed by atoms with Gasteiger partial charge in [0.05, 0.1) is 12.3 Å². The fourth-order valence-corrected chi connectivity index (χ4v) is 3.15. The zero-order valence-corrected chi connectivity index (χ0v) is 19.8. The number of ether oxygens (including phenoxy) is 4. The molecule has 0 saturated carbocycles. The van der Waals surface area contributed by atoms with Gasteiger partial charge in [0.25, 0.3) is 5.91 Å². The van der Waals surface area contributed by atoms with Crippen molar-refractivity contribution >= 4 is 28.9 Å². The Bertz CT molecular complexity index is 1060. The second-order valence-electron chi connectivity index (χ2n) is 6.99. The van der Waals surface area contributed by atoms with Gasteiger partial charge < -0.3 is 24.3 Å². The molecule has 2 N–H and O–H groups in total. The van der Waals surface area contributed by atoms with Gasteiger partial charge in [-0.05, 0) is 61.6 Å². The van der Waals surface area contributed by atoms with E-state index in [0.717, 1.165) is 5.75 Å². The zero-order chi connectivity index (χ0) is 24.0. The molecule has 34 heavy (non-hydrogen) atoms. The van der Waals surface area contributed by atoms with Crippen molar-refractivity contribution < 1.29 is 23.7 Å². The molecule has 0 saturated heterocycles. The molecule has 0 atom stereocenters. The average molecular weight is 481 g/mol. The van der Waals surface area contributed by atoms with Crippen molar-refractivity contribution in [1.29, 1.82) is 0 Å². The van der Waals surface area contributed by atoms with E-state index in [0.29, 0.717) is 55.8 Å². The summed E-state index contributed by atoms with van der Waals surface area (Å²) in [4.78, 5) is 12.7. The van der Waals surface area contributed by atoms with Crippen molar-refractivity contribution in [2.45, 2.75) is 6.92 Å². The van der Waals surface area contributed by atoms with Crippen LogP contribution in [0.4, 0.5) is 5.69 Å². The lowest BCUT2D eigenvalue weighted by molar-refractivity contribution is 0.0977. The van der Waals surface area contributed by atoms with Gasteiger partial charge in [0.2, 0.25) is 0 Å². The van der Waals surface area contributed by atoms with Crippen molar-refractivity contribution in [2.75, 3.05) is 38.4 Å². The number of thiocarbonyl (C=S) groups is 1. The monoisotopic (exact) mass is 480 g/mol. The van der Waals surface area contributed by atoms with Crippen LogP contribution in [0.1, 0.15) is 17.3 Å². The number of rotatable bonds is 12. The Balaban J connectivity index is 1.48. The number of anilines is 1.